The predicted molar refractivity (Wildman–Crippen MR) is 148 cm³/mol. The van der Waals surface area contributed by atoms with Gasteiger partial charge in [0.25, 0.3) is 0 Å². The van der Waals surface area contributed by atoms with Gasteiger partial charge in [-0.2, -0.15) is 0 Å². The minimum absolute atomic E-state index is 0.0345. The largest absolute Gasteiger partial charge is 0.497 e. The second kappa shape index (κ2) is 11.8. The fraction of sp³-hybridized carbons (Fsp3) is 0.419. The Balaban J connectivity index is 1.82. The molecule has 0 saturated heterocycles. The van der Waals surface area contributed by atoms with Crippen molar-refractivity contribution in [3.8, 4) is 23.0 Å². The Bertz CT molecular complexity index is 1330. The van der Waals surface area contributed by atoms with Crippen molar-refractivity contribution in [2.75, 3.05) is 28.4 Å². The van der Waals surface area contributed by atoms with Crippen LogP contribution in [0.4, 0.5) is 0 Å². The molecule has 1 aliphatic carbocycles. The minimum Gasteiger partial charge on any atom is -0.497 e. The highest BCUT2D eigenvalue weighted by atomic mass is 16.5. The van der Waals surface area contributed by atoms with E-state index in [2.05, 4.69) is 5.32 Å². The van der Waals surface area contributed by atoms with Crippen LogP contribution >= 0.6 is 0 Å². The normalized spacial score (nSPS) is 19.6. The maximum atomic E-state index is 14.0. The molecule has 0 bridgehead atoms. The van der Waals surface area contributed by atoms with E-state index in [1.807, 2.05) is 51.1 Å². The summed E-state index contributed by atoms with van der Waals surface area (Å²) in [5.74, 6) is 1.21. The second-order valence-corrected chi connectivity index (χ2v) is 9.86. The van der Waals surface area contributed by atoms with Crippen LogP contribution in [0.1, 0.15) is 63.0 Å². The van der Waals surface area contributed by atoms with Gasteiger partial charge in [0.05, 0.1) is 46.0 Å². The molecule has 2 aromatic carbocycles. The molecule has 208 valence electrons. The maximum absolute atomic E-state index is 14.0. The molecule has 0 radical (unpaired) electrons. The molecule has 1 heterocycles. The van der Waals surface area contributed by atoms with Gasteiger partial charge in [-0.05, 0) is 56.4 Å². The molecule has 1 aliphatic heterocycles. The van der Waals surface area contributed by atoms with E-state index in [1.165, 1.54) is 0 Å². The summed E-state index contributed by atoms with van der Waals surface area (Å²) in [5, 5.41) is 3.40. The van der Waals surface area contributed by atoms with Gasteiger partial charge < -0.3 is 29.0 Å². The molecule has 1 N–H and O–H groups in total. The number of benzene rings is 2. The van der Waals surface area contributed by atoms with Gasteiger partial charge >= 0.3 is 5.97 Å². The number of hydrogen-bond acceptors (Lipinski definition) is 8. The number of Topliss-reactive ketones (excluding diaryl/α,β-unsaturated/α-hetero) is 1. The summed E-state index contributed by atoms with van der Waals surface area (Å²) in [7, 11) is 6.34. The van der Waals surface area contributed by atoms with Gasteiger partial charge in [0.2, 0.25) is 0 Å². The van der Waals surface area contributed by atoms with E-state index in [9.17, 15) is 9.59 Å². The van der Waals surface area contributed by atoms with Gasteiger partial charge in [-0.15, -0.1) is 0 Å². The van der Waals surface area contributed by atoms with Crippen molar-refractivity contribution in [3.05, 3.63) is 70.1 Å². The number of dihydropyridines is 1. The lowest BCUT2D eigenvalue weighted by Gasteiger charge is -2.37. The van der Waals surface area contributed by atoms with Crippen LogP contribution in [0.2, 0.25) is 0 Å². The zero-order valence-electron chi connectivity index (χ0n) is 23.7. The molecule has 0 fully saturated rings. The first-order valence-corrected chi connectivity index (χ1v) is 13.1. The van der Waals surface area contributed by atoms with Crippen molar-refractivity contribution < 1.29 is 33.3 Å². The number of ketones is 1. The first-order chi connectivity index (χ1) is 18.8. The van der Waals surface area contributed by atoms with Crippen LogP contribution in [0.3, 0.4) is 0 Å². The third kappa shape index (κ3) is 5.46. The van der Waals surface area contributed by atoms with Gasteiger partial charge in [-0.25, -0.2) is 4.79 Å². The number of allylic oxidation sites excluding steroid dienone is 3. The van der Waals surface area contributed by atoms with Crippen molar-refractivity contribution in [1.82, 2.24) is 5.32 Å². The Morgan fingerprint density at radius 3 is 2.31 bits per heavy atom. The van der Waals surface area contributed by atoms with Crippen molar-refractivity contribution in [3.63, 3.8) is 0 Å². The summed E-state index contributed by atoms with van der Waals surface area (Å²) < 4.78 is 27.8. The number of hydrogen-bond donors (Lipinski definition) is 1. The second-order valence-electron chi connectivity index (χ2n) is 9.86. The molecule has 0 amide bonds. The van der Waals surface area contributed by atoms with Crippen LogP contribution in [0.15, 0.2) is 58.9 Å². The van der Waals surface area contributed by atoms with E-state index in [1.54, 1.807) is 34.5 Å². The number of rotatable bonds is 9. The zero-order chi connectivity index (χ0) is 28.3. The van der Waals surface area contributed by atoms with Crippen LogP contribution in [0.5, 0.6) is 23.0 Å². The van der Waals surface area contributed by atoms with Crippen LogP contribution in [0.25, 0.3) is 0 Å². The Morgan fingerprint density at radius 2 is 1.67 bits per heavy atom. The fourth-order valence-electron chi connectivity index (χ4n) is 5.35. The van der Waals surface area contributed by atoms with Crippen LogP contribution in [-0.4, -0.2) is 46.3 Å². The highest BCUT2D eigenvalue weighted by molar-refractivity contribution is 6.04. The molecule has 0 spiro atoms. The first-order valence-electron chi connectivity index (χ1n) is 13.1. The fourth-order valence-corrected chi connectivity index (χ4v) is 5.35. The van der Waals surface area contributed by atoms with Gasteiger partial charge in [0.1, 0.15) is 11.5 Å². The Hall–Kier alpha value is -3.94. The quantitative estimate of drug-likeness (QED) is 0.426. The van der Waals surface area contributed by atoms with Crippen molar-refractivity contribution in [2.45, 2.75) is 58.0 Å². The zero-order valence-corrected chi connectivity index (χ0v) is 23.7. The number of ether oxygens (including phenoxy) is 5. The number of nitrogens with one attached hydrogen (secondary N) is 1. The summed E-state index contributed by atoms with van der Waals surface area (Å²) in [4.78, 5) is 27.5. The third-order valence-electron chi connectivity index (χ3n) is 7.56. The smallest absolute Gasteiger partial charge is 0.337 e. The van der Waals surface area contributed by atoms with Gasteiger partial charge in [-0.1, -0.05) is 19.1 Å². The van der Waals surface area contributed by atoms with Gasteiger partial charge in [-0.3, -0.25) is 4.79 Å². The minimum atomic E-state index is -0.641. The van der Waals surface area contributed by atoms with Crippen LogP contribution in [-0.2, 0) is 14.3 Å². The molecule has 2 aliphatic rings. The monoisotopic (exact) mass is 535 g/mol. The number of esters is 1. The van der Waals surface area contributed by atoms with Crippen molar-refractivity contribution >= 4 is 11.8 Å². The third-order valence-corrected chi connectivity index (χ3v) is 7.56. The van der Waals surface area contributed by atoms with Crippen molar-refractivity contribution in [1.29, 1.82) is 0 Å². The van der Waals surface area contributed by atoms with E-state index in [-0.39, 0.29) is 24.2 Å². The lowest BCUT2D eigenvalue weighted by molar-refractivity contribution is -0.144. The Labute approximate surface area is 229 Å². The topological polar surface area (TPSA) is 92.3 Å². The molecule has 8 heteroatoms. The van der Waals surface area contributed by atoms with Gasteiger partial charge in [0, 0.05) is 35.0 Å². The van der Waals surface area contributed by atoms with Crippen molar-refractivity contribution in [2.24, 2.45) is 0 Å². The summed E-state index contributed by atoms with van der Waals surface area (Å²) in [6.45, 7) is 5.67. The molecule has 4 rings (SSSR count). The molecular formula is C31H37NO7. The van der Waals surface area contributed by atoms with E-state index in [4.69, 9.17) is 23.7 Å². The Kier molecular flexibility index (Phi) is 8.53. The average Bonchev–Trinajstić information content (AvgIpc) is 2.95. The summed E-state index contributed by atoms with van der Waals surface area (Å²) in [5.41, 5.74) is 4.13. The molecule has 39 heavy (non-hydrogen) atoms. The van der Waals surface area contributed by atoms with E-state index >= 15 is 0 Å². The number of carbonyl (C=O) groups is 2. The average molecular weight is 536 g/mol. The predicted octanol–water partition coefficient (Wildman–Crippen LogP) is 5.42. The summed E-state index contributed by atoms with van der Waals surface area (Å²) in [6, 6.07) is 11.2. The molecule has 0 aromatic heterocycles. The van der Waals surface area contributed by atoms with E-state index in [0.717, 1.165) is 11.3 Å². The van der Waals surface area contributed by atoms with Crippen LogP contribution < -0.4 is 24.3 Å². The van der Waals surface area contributed by atoms with E-state index in [0.29, 0.717) is 58.2 Å². The first kappa shape index (κ1) is 28.1. The molecule has 8 nitrogen and oxygen atoms in total. The molecule has 3 atom stereocenters. The van der Waals surface area contributed by atoms with Gasteiger partial charge in [0.15, 0.2) is 17.3 Å². The molecule has 0 unspecified atom stereocenters. The maximum Gasteiger partial charge on any atom is 0.337 e. The summed E-state index contributed by atoms with van der Waals surface area (Å²) in [6.07, 6.45) is 1.30. The highest BCUT2D eigenvalue weighted by Gasteiger charge is 2.42. The molecular weight excluding hydrogens is 498 g/mol. The SMILES string of the molecule is CC[C@H](C)OC(=O)C1=C(C)NC2=C(C(=O)C[C@@H](c3ccc(OC)c(OC)c3)C2)[C@@H]1c1ccc(OC)cc1OC. The summed E-state index contributed by atoms with van der Waals surface area (Å²) >= 11 is 0. The standard InChI is InChI=1S/C31H37NO7/c1-8-17(2)39-31(34)28-18(3)32-23-13-20(19-9-12-25(36-5)27(15-19)38-7)14-24(33)30(23)29(28)22-11-10-21(35-4)16-26(22)37-6/h9-12,15-17,20,29,32H,8,13-14H2,1-7H3/t17-,20-,29+/m0/s1. The molecule has 2 aromatic rings. The number of methoxy groups -OCH3 is 4. The highest BCUT2D eigenvalue weighted by Crippen LogP contribution is 2.48. The van der Waals surface area contributed by atoms with E-state index < -0.39 is 11.9 Å². The van der Waals surface area contributed by atoms with Crippen LogP contribution in [0, 0.1) is 0 Å². The Morgan fingerprint density at radius 1 is 0.949 bits per heavy atom. The number of carbonyl (C=O) groups excluding carboxylic acids is 2. The molecule has 0 saturated carbocycles. The lowest BCUT2D eigenvalue weighted by atomic mass is 9.71. The lowest BCUT2D eigenvalue weighted by Crippen LogP contribution is -2.36.